The largest absolute Gasteiger partial charge is 0.468 e. The molecular formula is C27H22ClNO4. The Morgan fingerprint density at radius 2 is 1.52 bits per heavy atom. The van der Waals surface area contributed by atoms with Crippen LogP contribution in [0, 0.1) is 0 Å². The SMILES string of the molecule is COC(=O)C1=C2CC(c3ccccc3)(c3ccccc3)N2c2ccc(Cl)cc2C1C(=O)OC. The van der Waals surface area contributed by atoms with E-state index in [-0.39, 0.29) is 0 Å². The molecule has 0 spiro atoms. The van der Waals surface area contributed by atoms with E-state index in [2.05, 4.69) is 29.2 Å². The van der Waals surface area contributed by atoms with Gasteiger partial charge in [0.1, 0.15) is 11.5 Å². The Hall–Kier alpha value is -3.57. The van der Waals surface area contributed by atoms with E-state index in [0.717, 1.165) is 22.5 Å². The van der Waals surface area contributed by atoms with E-state index >= 15 is 0 Å². The zero-order valence-corrected chi connectivity index (χ0v) is 19.0. The Morgan fingerprint density at radius 3 is 2.06 bits per heavy atom. The van der Waals surface area contributed by atoms with Gasteiger partial charge in [-0.2, -0.15) is 0 Å². The Bertz CT molecular complexity index is 1230. The predicted molar refractivity (Wildman–Crippen MR) is 126 cm³/mol. The number of fused-ring (bicyclic) bond motifs is 3. The van der Waals surface area contributed by atoms with E-state index in [0.29, 0.717) is 22.6 Å². The molecule has 1 saturated heterocycles. The number of rotatable bonds is 4. The third kappa shape index (κ3) is 3.07. The van der Waals surface area contributed by atoms with Crippen molar-refractivity contribution >= 4 is 29.2 Å². The highest BCUT2D eigenvalue weighted by Gasteiger charge is 2.57. The standard InChI is InChI=1S/C27H22ClNO4/c1-32-25(30)23-20-15-19(28)13-14-21(20)29-22(24(23)26(31)33-2)16-27(29,17-9-5-3-6-10-17)18-11-7-4-8-12-18/h3-15,23H,16H2,1-2H3. The zero-order valence-electron chi connectivity index (χ0n) is 18.2. The summed E-state index contributed by atoms with van der Waals surface area (Å²) in [5.41, 5.74) is 4.09. The lowest BCUT2D eigenvalue weighted by Gasteiger charge is -2.59. The molecule has 1 unspecified atom stereocenters. The molecule has 6 heteroatoms. The van der Waals surface area contributed by atoms with Crippen LogP contribution in [-0.4, -0.2) is 26.2 Å². The highest BCUT2D eigenvalue weighted by Crippen LogP contribution is 2.60. The molecule has 0 saturated carbocycles. The van der Waals surface area contributed by atoms with Gasteiger partial charge in [0.05, 0.1) is 19.8 Å². The molecule has 1 fully saturated rings. The van der Waals surface area contributed by atoms with Crippen molar-refractivity contribution in [3.63, 3.8) is 0 Å². The zero-order chi connectivity index (χ0) is 23.2. The Kier molecular flexibility index (Phi) is 5.22. The van der Waals surface area contributed by atoms with E-state index in [9.17, 15) is 9.59 Å². The van der Waals surface area contributed by atoms with Crippen LogP contribution >= 0.6 is 11.6 Å². The third-order valence-electron chi connectivity index (χ3n) is 6.56. The molecule has 5 rings (SSSR count). The normalized spacial score (nSPS) is 18.0. The van der Waals surface area contributed by atoms with Crippen molar-refractivity contribution in [2.45, 2.75) is 17.9 Å². The molecule has 0 bridgehead atoms. The number of hydrogen-bond donors (Lipinski definition) is 0. The van der Waals surface area contributed by atoms with E-state index in [4.69, 9.17) is 21.1 Å². The van der Waals surface area contributed by atoms with E-state index in [1.807, 2.05) is 42.5 Å². The van der Waals surface area contributed by atoms with Crippen molar-refractivity contribution in [3.05, 3.63) is 112 Å². The van der Waals surface area contributed by atoms with Crippen LogP contribution < -0.4 is 4.90 Å². The number of ether oxygens (including phenoxy) is 2. The molecule has 3 aromatic rings. The molecule has 0 aliphatic carbocycles. The number of benzene rings is 3. The van der Waals surface area contributed by atoms with Gasteiger partial charge in [0, 0.05) is 22.8 Å². The summed E-state index contributed by atoms with van der Waals surface area (Å²) in [6.07, 6.45) is 0.529. The molecule has 166 valence electrons. The third-order valence-corrected chi connectivity index (χ3v) is 6.80. The minimum atomic E-state index is -0.910. The summed E-state index contributed by atoms with van der Waals surface area (Å²) in [7, 11) is 2.64. The average Bonchev–Trinajstić information content (AvgIpc) is 2.84. The second-order valence-electron chi connectivity index (χ2n) is 8.12. The second kappa shape index (κ2) is 8.09. The van der Waals surface area contributed by atoms with Gasteiger partial charge in [-0.1, -0.05) is 72.3 Å². The minimum Gasteiger partial charge on any atom is -0.468 e. The van der Waals surface area contributed by atoms with Crippen molar-refractivity contribution in [3.8, 4) is 0 Å². The monoisotopic (exact) mass is 459 g/mol. The fourth-order valence-corrected chi connectivity index (χ4v) is 5.33. The van der Waals surface area contributed by atoms with Gasteiger partial charge in [-0.05, 0) is 34.9 Å². The van der Waals surface area contributed by atoms with Gasteiger partial charge >= 0.3 is 11.9 Å². The molecule has 0 radical (unpaired) electrons. The van der Waals surface area contributed by atoms with Crippen LogP contribution in [0.1, 0.15) is 29.0 Å². The fraction of sp³-hybridized carbons (Fsp3) is 0.185. The van der Waals surface area contributed by atoms with Crippen molar-refractivity contribution in [1.29, 1.82) is 0 Å². The summed E-state index contributed by atoms with van der Waals surface area (Å²) >= 11 is 6.36. The van der Waals surface area contributed by atoms with Crippen LogP contribution in [0.2, 0.25) is 5.02 Å². The number of halogens is 1. The molecule has 0 amide bonds. The minimum absolute atomic E-state index is 0.293. The van der Waals surface area contributed by atoms with Crippen LogP contribution in [0.3, 0.4) is 0 Å². The summed E-state index contributed by atoms with van der Waals surface area (Å²) in [4.78, 5) is 28.1. The Labute approximate surface area is 197 Å². The average molecular weight is 460 g/mol. The van der Waals surface area contributed by atoms with Gasteiger partial charge in [-0.3, -0.25) is 4.79 Å². The van der Waals surface area contributed by atoms with Gasteiger partial charge in [0.2, 0.25) is 0 Å². The molecule has 1 atom stereocenters. The van der Waals surface area contributed by atoms with Crippen LogP contribution in [-0.2, 0) is 24.6 Å². The van der Waals surface area contributed by atoms with Gasteiger partial charge in [-0.25, -0.2) is 4.79 Å². The predicted octanol–water partition coefficient (Wildman–Crippen LogP) is 5.19. The topological polar surface area (TPSA) is 55.8 Å². The van der Waals surface area contributed by atoms with Crippen LogP contribution in [0.4, 0.5) is 5.69 Å². The number of esters is 2. The van der Waals surface area contributed by atoms with Crippen molar-refractivity contribution in [1.82, 2.24) is 0 Å². The summed E-state index contributed by atoms with van der Waals surface area (Å²) in [5.74, 6) is -1.99. The maximum Gasteiger partial charge on any atom is 0.336 e. The fourth-order valence-electron chi connectivity index (χ4n) is 5.15. The highest BCUT2D eigenvalue weighted by atomic mass is 35.5. The van der Waals surface area contributed by atoms with E-state index in [1.165, 1.54) is 14.2 Å². The summed E-state index contributed by atoms with van der Waals surface area (Å²) < 4.78 is 10.2. The Balaban J connectivity index is 1.83. The molecule has 33 heavy (non-hydrogen) atoms. The maximum absolute atomic E-state index is 13.0. The number of carbonyl (C=O) groups is 2. The highest BCUT2D eigenvalue weighted by molar-refractivity contribution is 6.30. The van der Waals surface area contributed by atoms with Gasteiger partial charge in [0.15, 0.2) is 0 Å². The van der Waals surface area contributed by atoms with Gasteiger partial charge in [0.25, 0.3) is 0 Å². The van der Waals surface area contributed by atoms with Crippen molar-refractivity contribution < 1.29 is 19.1 Å². The second-order valence-corrected chi connectivity index (χ2v) is 8.55. The molecule has 2 heterocycles. The summed E-state index contributed by atoms with van der Waals surface area (Å²) in [6.45, 7) is 0. The molecule has 5 nitrogen and oxygen atoms in total. The molecule has 0 N–H and O–H groups in total. The maximum atomic E-state index is 13.0. The first-order valence-electron chi connectivity index (χ1n) is 10.6. The number of anilines is 1. The molecule has 3 aromatic carbocycles. The van der Waals surface area contributed by atoms with Crippen LogP contribution in [0.5, 0.6) is 0 Å². The lowest BCUT2D eigenvalue weighted by atomic mass is 9.66. The summed E-state index contributed by atoms with van der Waals surface area (Å²) in [6, 6.07) is 25.8. The molecule has 0 aromatic heterocycles. The first kappa shape index (κ1) is 21.3. The smallest absolute Gasteiger partial charge is 0.336 e. The Morgan fingerprint density at radius 1 is 0.909 bits per heavy atom. The first-order chi connectivity index (χ1) is 16.0. The molecule has 2 aliphatic rings. The number of hydrogen-bond acceptors (Lipinski definition) is 5. The van der Waals surface area contributed by atoms with Crippen LogP contribution in [0.25, 0.3) is 0 Å². The van der Waals surface area contributed by atoms with E-state index < -0.39 is 23.4 Å². The first-order valence-corrected chi connectivity index (χ1v) is 11.0. The quantitative estimate of drug-likeness (QED) is 0.502. The molecular weight excluding hydrogens is 438 g/mol. The van der Waals surface area contributed by atoms with Gasteiger partial charge < -0.3 is 14.4 Å². The summed E-state index contributed by atoms with van der Waals surface area (Å²) in [5, 5.41) is 0.473. The lowest BCUT2D eigenvalue weighted by Crippen LogP contribution is -2.59. The van der Waals surface area contributed by atoms with Crippen molar-refractivity contribution in [2.24, 2.45) is 0 Å². The van der Waals surface area contributed by atoms with Crippen molar-refractivity contribution in [2.75, 3.05) is 19.1 Å². The number of nitrogens with zero attached hydrogens (tertiary/aromatic N) is 1. The number of methoxy groups -OCH3 is 2. The van der Waals surface area contributed by atoms with Gasteiger partial charge in [-0.15, -0.1) is 0 Å². The number of carbonyl (C=O) groups excluding carboxylic acids is 2. The lowest BCUT2D eigenvalue weighted by molar-refractivity contribution is -0.145. The van der Waals surface area contributed by atoms with Crippen LogP contribution in [0.15, 0.2) is 90.1 Å². The molecule has 2 aliphatic heterocycles. The van der Waals surface area contributed by atoms with E-state index in [1.54, 1.807) is 12.1 Å².